The van der Waals surface area contributed by atoms with Crippen molar-refractivity contribution in [1.82, 2.24) is 9.21 Å². The van der Waals surface area contributed by atoms with Crippen molar-refractivity contribution in [3.63, 3.8) is 0 Å². The second-order valence-electron chi connectivity index (χ2n) is 6.98. The summed E-state index contributed by atoms with van der Waals surface area (Å²) in [6, 6.07) is 12.9. The van der Waals surface area contributed by atoms with Gasteiger partial charge in [0.05, 0.1) is 4.90 Å². The van der Waals surface area contributed by atoms with Crippen molar-refractivity contribution in [2.24, 2.45) is 0 Å². The summed E-state index contributed by atoms with van der Waals surface area (Å²) in [5.41, 5.74) is 1.04. The van der Waals surface area contributed by atoms with Crippen LogP contribution in [0.3, 0.4) is 0 Å². The summed E-state index contributed by atoms with van der Waals surface area (Å²) in [5, 5.41) is 4.01. The van der Waals surface area contributed by atoms with Crippen LogP contribution in [-0.4, -0.2) is 56.8 Å². The number of carbonyl (C=O) groups excluding carboxylic acids is 1. The van der Waals surface area contributed by atoms with Crippen LogP contribution in [0, 0.1) is 0 Å². The minimum absolute atomic E-state index is 0.149. The van der Waals surface area contributed by atoms with Gasteiger partial charge < -0.3 is 14.6 Å². The van der Waals surface area contributed by atoms with Crippen LogP contribution in [0.5, 0.6) is 0 Å². The standard InChI is InChI=1S/C20H20ClN3O4S/c1-23-8-10-24(11-9-23)29(26,27)17-5-3-16(4-6-17)22-20(25)19-13-14-12-15(21)2-7-18(14)28-19/h2-7,12-13H,8-11H2,1H3,(H,22,25). The molecule has 0 bridgehead atoms. The van der Waals surface area contributed by atoms with Crippen molar-refractivity contribution in [3.05, 3.63) is 59.3 Å². The molecule has 2 aromatic carbocycles. The number of likely N-dealkylation sites (N-methyl/N-ethyl adjacent to an activating group) is 1. The van der Waals surface area contributed by atoms with Gasteiger partial charge in [-0.3, -0.25) is 4.79 Å². The summed E-state index contributed by atoms with van der Waals surface area (Å²) >= 11 is 5.95. The van der Waals surface area contributed by atoms with Crippen molar-refractivity contribution < 1.29 is 17.6 Å². The van der Waals surface area contributed by atoms with Crippen LogP contribution in [0.25, 0.3) is 11.0 Å². The Balaban J connectivity index is 1.48. The lowest BCUT2D eigenvalue weighted by atomic mass is 10.2. The van der Waals surface area contributed by atoms with Gasteiger partial charge in [0, 0.05) is 42.3 Å². The van der Waals surface area contributed by atoms with Gasteiger partial charge in [0.15, 0.2) is 5.76 Å². The third-order valence-electron chi connectivity index (χ3n) is 4.91. The van der Waals surface area contributed by atoms with E-state index in [-0.39, 0.29) is 10.7 Å². The Morgan fingerprint density at radius 3 is 2.41 bits per heavy atom. The van der Waals surface area contributed by atoms with Crippen molar-refractivity contribution >= 4 is 44.2 Å². The summed E-state index contributed by atoms with van der Waals surface area (Å²) in [4.78, 5) is 14.8. The van der Waals surface area contributed by atoms with Crippen molar-refractivity contribution in [2.45, 2.75) is 4.90 Å². The Morgan fingerprint density at radius 2 is 1.72 bits per heavy atom. The maximum atomic E-state index is 12.8. The smallest absolute Gasteiger partial charge is 0.291 e. The lowest BCUT2D eigenvalue weighted by Gasteiger charge is -2.31. The first kappa shape index (κ1) is 19.9. The Morgan fingerprint density at radius 1 is 1.03 bits per heavy atom. The highest BCUT2D eigenvalue weighted by Crippen LogP contribution is 2.24. The number of nitrogens with zero attached hydrogens (tertiary/aromatic N) is 2. The number of halogens is 1. The average molecular weight is 434 g/mol. The Bertz CT molecular complexity index is 1150. The molecular formula is C20H20ClN3O4S. The molecule has 1 N–H and O–H groups in total. The minimum atomic E-state index is -3.54. The maximum Gasteiger partial charge on any atom is 0.291 e. The molecule has 7 nitrogen and oxygen atoms in total. The van der Waals surface area contributed by atoms with E-state index in [1.807, 2.05) is 7.05 Å². The quantitative estimate of drug-likeness (QED) is 0.682. The van der Waals surface area contributed by atoms with Gasteiger partial charge in [0.2, 0.25) is 10.0 Å². The van der Waals surface area contributed by atoms with Crippen molar-refractivity contribution in [2.75, 3.05) is 38.5 Å². The molecule has 1 amide bonds. The normalized spacial score (nSPS) is 16.2. The molecule has 0 aliphatic carbocycles. The average Bonchev–Trinajstić information content (AvgIpc) is 3.12. The zero-order valence-corrected chi connectivity index (χ0v) is 17.3. The van der Waals surface area contributed by atoms with Gasteiger partial charge in [-0.15, -0.1) is 0 Å². The molecule has 4 rings (SSSR count). The highest BCUT2D eigenvalue weighted by atomic mass is 35.5. The fourth-order valence-corrected chi connectivity index (χ4v) is 4.81. The lowest BCUT2D eigenvalue weighted by Crippen LogP contribution is -2.46. The van der Waals surface area contributed by atoms with E-state index in [0.717, 1.165) is 5.39 Å². The van der Waals surface area contributed by atoms with E-state index < -0.39 is 15.9 Å². The highest BCUT2D eigenvalue weighted by Gasteiger charge is 2.27. The van der Waals surface area contributed by atoms with E-state index in [0.29, 0.717) is 42.5 Å². The minimum Gasteiger partial charge on any atom is -0.451 e. The second-order valence-corrected chi connectivity index (χ2v) is 9.35. The number of hydrogen-bond acceptors (Lipinski definition) is 5. The first-order valence-electron chi connectivity index (χ1n) is 9.12. The third kappa shape index (κ3) is 4.16. The van der Waals surface area contributed by atoms with Crippen LogP contribution in [0.2, 0.25) is 5.02 Å². The van der Waals surface area contributed by atoms with E-state index in [1.165, 1.54) is 16.4 Å². The SMILES string of the molecule is CN1CCN(S(=O)(=O)c2ccc(NC(=O)c3cc4cc(Cl)ccc4o3)cc2)CC1. The van der Waals surface area contributed by atoms with Gasteiger partial charge in [0.1, 0.15) is 5.58 Å². The lowest BCUT2D eigenvalue weighted by molar-refractivity contribution is 0.0998. The number of anilines is 1. The number of furan rings is 1. The number of sulfonamides is 1. The second kappa shape index (κ2) is 7.79. The first-order valence-corrected chi connectivity index (χ1v) is 10.9. The number of fused-ring (bicyclic) bond motifs is 1. The molecule has 0 atom stereocenters. The van der Waals surface area contributed by atoms with Gasteiger partial charge in [-0.1, -0.05) is 11.6 Å². The van der Waals surface area contributed by atoms with Crippen LogP contribution in [0.1, 0.15) is 10.6 Å². The van der Waals surface area contributed by atoms with Crippen LogP contribution in [-0.2, 0) is 10.0 Å². The van der Waals surface area contributed by atoms with E-state index in [2.05, 4.69) is 10.2 Å². The molecular weight excluding hydrogens is 414 g/mol. The third-order valence-corrected chi connectivity index (χ3v) is 7.06. The summed E-state index contributed by atoms with van der Waals surface area (Å²) in [7, 11) is -1.57. The number of hydrogen-bond donors (Lipinski definition) is 1. The van der Waals surface area contributed by atoms with Gasteiger partial charge in [-0.2, -0.15) is 4.31 Å². The number of amides is 1. The van der Waals surface area contributed by atoms with E-state index in [4.69, 9.17) is 16.0 Å². The maximum absolute atomic E-state index is 12.8. The molecule has 0 radical (unpaired) electrons. The Kier molecular flexibility index (Phi) is 5.35. The molecule has 9 heteroatoms. The zero-order chi connectivity index (χ0) is 20.6. The number of rotatable bonds is 4. The van der Waals surface area contributed by atoms with Gasteiger partial charge >= 0.3 is 0 Å². The number of benzene rings is 2. The van der Waals surface area contributed by atoms with E-state index in [1.54, 1.807) is 36.4 Å². The largest absolute Gasteiger partial charge is 0.451 e. The molecule has 1 fully saturated rings. The van der Waals surface area contributed by atoms with Gasteiger partial charge in [-0.25, -0.2) is 8.42 Å². The van der Waals surface area contributed by atoms with Gasteiger partial charge in [0.25, 0.3) is 5.91 Å². The topological polar surface area (TPSA) is 82.9 Å². The predicted octanol–water partition coefficient (Wildman–Crippen LogP) is 3.27. The van der Waals surface area contributed by atoms with Crippen LogP contribution in [0.4, 0.5) is 5.69 Å². The molecule has 1 saturated heterocycles. The zero-order valence-electron chi connectivity index (χ0n) is 15.8. The molecule has 0 unspecified atom stereocenters. The first-order chi connectivity index (χ1) is 13.8. The van der Waals surface area contributed by atoms with Crippen molar-refractivity contribution in [1.29, 1.82) is 0 Å². The van der Waals surface area contributed by atoms with Crippen molar-refractivity contribution in [3.8, 4) is 0 Å². The van der Waals surface area contributed by atoms with Crippen LogP contribution in [0.15, 0.2) is 57.8 Å². The molecule has 3 aromatic rings. The highest BCUT2D eigenvalue weighted by molar-refractivity contribution is 7.89. The molecule has 152 valence electrons. The Labute approximate surface area is 173 Å². The summed E-state index contributed by atoms with van der Waals surface area (Å²) < 4.78 is 32.6. The predicted molar refractivity (Wildman–Crippen MR) is 112 cm³/mol. The fourth-order valence-electron chi connectivity index (χ4n) is 3.21. The molecule has 0 saturated carbocycles. The Hall–Kier alpha value is -2.39. The fraction of sp³-hybridized carbons (Fsp3) is 0.250. The molecule has 2 heterocycles. The molecule has 1 aliphatic rings. The number of nitrogens with one attached hydrogen (secondary N) is 1. The summed E-state index contributed by atoms with van der Waals surface area (Å²) in [6.45, 7) is 2.34. The number of piperazine rings is 1. The molecule has 0 spiro atoms. The van der Waals surface area contributed by atoms with E-state index >= 15 is 0 Å². The van der Waals surface area contributed by atoms with Crippen LogP contribution < -0.4 is 5.32 Å². The van der Waals surface area contributed by atoms with E-state index in [9.17, 15) is 13.2 Å². The molecule has 1 aliphatic heterocycles. The number of carbonyl (C=O) groups is 1. The molecule has 1 aromatic heterocycles. The van der Waals surface area contributed by atoms with Gasteiger partial charge in [-0.05, 0) is 55.6 Å². The summed E-state index contributed by atoms with van der Waals surface area (Å²) in [5.74, 6) is -0.275. The molecule has 29 heavy (non-hydrogen) atoms. The van der Waals surface area contributed by atoms with Crippen LogP contribution >= 0.6 is 11.6 Å². The summed E-state index contributed by atoms with van der Waals surface area (Å²) in [6.07, 6.45) is 0. The monoisotopic (exact) mass is 433 g/mol.